The predicted molar refractivity (Wildman–Crippen MR) is 52.4 cm³/mol. The quantitative estimate of drug-likeness (QED) is 0.467. The number of benzene rings is 1. The number of nitro benzene ring substituents is 1. The second-order valence-corrected chi connectivity index (χ2v) is 3.67. The number of rotatable bonds is 3. The Kier molecular flexibility index (Phi) is 3.74. The summed E-state index contributed by atoms with van der Waals surface area (Å²) in [7, 11) is 0. The van der Waals surface area contributed by atoms with Crippen LogP contribution in [-0.2, 0) is 0 Å². The highest BCUT2D eigenvalue weighted by molar-refractivity contribution is 6.20. The van der Waals surface area contributed by atoms with Gasteiger partial charge in [-0.15, -0.1) is 11.6 Å². The van der Waals surface area contributed by atoms with Gasteiger partial charge >= 0.3 is 6.18 Å². The summed E-state index contributed by atoms with van der Waals surface area (Å²) in [6.07, 6.45) is -5.60. The Morgan fingerprint density at radius 3 is 2.56 bits per heavy atom. The lowest BCUT2D eigenvalue weighted by atomic mass is 10.1. The fraction of sp³-hybridized carbons (Fsp3) is 0.333. The van der Waals surface area contributed by atoms with Gasteiger partial charge in [0.2, 0.25) is 0 Å². The lowest BCUT2D eigenvalue weighted by molar-refractivity contribution is -0.384. The number of halogens is 4. The Morgan fingerprint density at radius 2 is 2.06 bits per heavy atom. The number of hydrogen-bond donors (Lipinski definition) is 0. The third-order valence-corrected chi connectivity index (χ3v) is 2.26. The highest BCUT2D eigenvalue weighted by Crippen LogP contribution is 2.34. The molecule has 0 aromatic heterocycles. The second-order valence-electron chi connectivity index (χ2n) is 3.14. The van der Waals surface area contributed by atoms with Gasteiger partial charge in [0, 0.05) is 12.1 Å². The Hall–Kier alpha value is -1.30. The Morgan fingerprint density at radius 1 is 1.44 bits per heavy atom. The molecule has 0 amide bonds. The number of alkyl halides is 4. The molecular weight excluding hydrogens is 247 g/mol. The molecule has 0 saturated heterocycles. The van der Waals surface area contributed by atoms with Crippen molar-refractivity contribution in [3.05, 3.63) is 39.9 Å². The van der Waals surface area contributed by atoms with Gasteiger partial charge in [-0.05, 0) is 5.56 Å². The normalized spacial score (nSPS) is 13.5. The van der Waals surface area contributed by atoms with E-state index in [0.29, 0.717) is 0 Å². The molecule has 16 heavy (non-hydrogen) atoms. The van der Waals surface area contributed by atoms with Crippen molar-refractivity contribution in [3.63, 3.8) is 0 Å². The Bertz CT molecular complexity index is 395. The highest BCUT2D eigenvalue weighted by atomic mass is 35.5. The summed E-state index contributed by atoms with van der Waals surface area (Å²) >= 11 is 5.52. The van der Waals surface area contributed by atoms with Gasteiger partial charge in [0.25, 0.3) is 5.69 Å². The molecule has 1 atom stereocenters. The van der Waals surface area contributed by atoms with E-state index in [4.69, 9.17) is 11.6 Å². The molecule has 0 radical (unpaired) electrons. The average molecular weight is 254 g/mol. The summed E-state index contributed by atoms with van der Waals surface area (Å²) < 4.78 is 36.1. The van der Waals surface area contributed by atoms with Crippen molar-refractivity contribution in [1.82, 2.24) is 0 Å². The molecule has 0 aliphatic carbocycles. The van der Waals surface area contributed by atoms with Crippen LogP contribution in [0.3, 0.4) is 0 Å². The summed E-state index contributed by atoms with van der Waals surface area (Å²) in [5, 5.41) is 9.10. The van der Waals surface area contributed by atoms with E-state index in [1.807, 2.05) is 0 Å². The first-order valence-electron chi connectivity index (χ1n) is 4.25. The lowest BCUT2D eigenvalue weighted by Gasteiger charge is -2.12. The van der Waals surface area contributed by atoms with Crippen LogP contribution in [0.5, 0.6) is 0 Å². The van der Waals surface area contributed by atoms with Crippen molar-refractivity contribution < 1.29 is 18.1 Å². The smallest absolute Gasteiger partial charge is 0.258 e. The number of hydrogen-bond acceptors (Lipinski definition) is 2. The minimum absolute atomic E-state index is 0.0909. The van der Waals surface area contributed by atoms with E-state index < -0.39 is 22.9 Å². The van der Waals surface area contributed by atoms with Crippen LogP contribution in [0.25, 0.3) is 0 Å². The molecular formula is C9H7ClF3NO2. The van der Waals surface area contributed by atoms with Gasteiger partial charge in [-0.2, -0.15) is 13.2 Å². The van der Waals surface area contributed by atoms with E-state index in [1.54, 1.807) is 0 Å². The second kappa shape index (κ2) is 4.69. The molecule has 0 fully saturated rings. The van der Waals surface area contributed by atoms with Gasteiger partial charge in [-0.25, -0.2) is 0 Å². The van der Waals surface area contributed by atoms with Crippen molar-refractivity contribution >= 4 is 17.3 Å². The molecule has 0 spiro atoms. The minimum Gasteiger partial charge on any atom is -0.258 e. The van der Waals surface area contributed by atoms with Gasteiger partial charge in [-0.3, -0.25) is 10.1 Å². The first kappa shape index (κ1) is 12.8. The van der Waals surface area contributed by atoms with Crippen LogP contribution in [0, 0.1) is 10.1 Å². The van der Waals surface area contributed by atoms with Crippen molar-refractivity contribution in [3.8, 4) is 0 Å². The van der Waals surface area contributed by atoms with Gasteiger partial charge in [-0.1, -0.05) is 12.1 Å². The molecule has 1 aromatic carbocycles. The van der Waals surface area contributed by atoms with Crippen LogP contribution in [-0.4, -0.2) is 11.1 Å². The molecule has 1 unspecified atom stereocenters. The molecule has 88 valence electrons. The van der Waals surface area contributed by atoms with Gasteiger partial charge in [0.1, 0.15) is 0 Å². The van der Waals surface area contributed by atoms with Gasteiger partial charge < -0.3 is 0 Å². The first-order valence-corrected chi connectivity index (χ1v) is 4.68. The first-order chi connectivity index (χ1) is 7.29. The van der Waals surface area contributed by atoms with Crippen LogP contribution < -0.4 is 0 Å². The lowest BCUT2D eigenvalue weighted by Crippen LogP contribution is -2.10. The Balaban J connectivity index is 2.87. The summed E-state index contributed by atoms with van der Waals surface area (Å²) in [5.74, 6) is 0. The maximum atomic E-state index is 12.0. The van der Waals surface area contributed by atoms with E-state index in [-0.39, 0.29) is 11.3 Å². The molecule has 7 heteroatoms. The third kappa shape index (κ3) is 3.69. The zero-order valence-electron chi connectivity index (χ0n) is 7.87. The maximum absolute atomic E-state index is 12.0. The summed E-state index contributed by atoms with van der Waals surface area (Å²) in [6.45, 7) is 0. The molecule has 0 aliphatic heterocycles. The molecule has 1 aromatic rings. The zero-order valence-corrected chi connectivity index (χ0v) is 8.63. The standard InChI is InChI=1S/C9H7ClF3NO2/c10-8(5-9(11,12)13)6-2-1-3-7(4-6)14(15)16/h1-4,8H,5H2. The molecule has 0 N–H and O–H groups in total. The van der Waals surface area contributed by atoms with Crippen molar-refractivity contribution in [2.45, 2.75) is 18.0 Å². The van der Waals surface area contributed by atoms with E-state index in [2.05, 4.69) is 0 Å². The predicted octanol–water partition coefficient (Wildman–Crippen LogP) is 3.83. The zero-order chi connectivity index (χ0) is 12.3. The third-order valence-electron chi connectivity index (χ3n) is 1.85. The highest BCUT2D eigenvalue weighted by Gasteiger charge is 2.32. The SMILES string of the molecule is O=[N+]([O-])c1cccc(C(Cl)CC(F)(F)F)c1. The van der Waals surface area contributed by atoms with E-state index >= 15 is 0 Å². The largest absolute Gasteiger partial charge is 0.390 e. The van der Waals surface area contributed by atoms with Crippen molar-refractivity contribution in [1.29, 1.82) is 0 Å². The van der Waals surface area contributed by atoms with Gasteiger partial charge in [0.15, 0.2) is 0 Å². The minimum atomic E-state index is -4.39. The van der Waals surface area contributed by atoms with Crippen LogP contribution in [0.2, 0.25) is 0 Å². The van der Waals surface area contributed by atoms with Gasteiger partial charge in [0.05, 0.1) is 16.7 Å². The van der Waals surface area contributed by atoms with E-state index in [0.717, 1.165) is 6.07 Å². The molecule has 0 saturated carbocycles. The fourth-order valence-corrected chi connectivity index (χ4v) is 1.46. The van der Waals surface area contributed by atoms with Crippen molar-refractivity contribution in [2.24, 2.45) is 0 Å². The fourth-order valence-electron chi connectivity index (χ4n) is 1.15. The van der Waals surface area contributed by atoms with Crippen LogP contribution in [0.4, 0.5) is 18.9 Å². The summed E-state index contributed by atoms with van der Waals surface area (Å²) in [5.41, 5.74) is -0.182. The topological polar surface area (TPSA) is 43.1 Å². The Labute approximate surface area is 94.0 Å². The van der Waals surface area contributed by atoms with Crippen LogP contribution >= 0.6 is 11.6 Å². The monoisotopic (exact) mass is 253 g/mol. The average Bonchev–Trinajstić information content (AvgIpc) is 2.15. The number of nitrogens with zero attached hydrogens (tertiary/aromatic N) is 1. The molecule has 1 rings (SSSR count). The van der Waals surface area contributed by atoms with Crippen LogP contribution in [0.1, 0.15) is 17.4 Å². The van der Waals surface area contributed by atoms with Crippen LogP contribution in [0.15, 0.2) is 24.3 Å². The van der Waals surface area contributed by atoms with Crippen molar-refractivity contribution in [2.75, 3.05) is 0 Å². The van der Waals surface area contributed by atoms with E-state index in [9.17, 15) is 23.3 Å². The summed E-state index contributed by atoms with van der Waals surface area (Å²) in [4.78, 5) is 9.72. The molecule has 0 heterocycles. The molecule has 3 nitrogen and oxygen atoms in total. The number of non-ortho nitro benzene ring substituents is 1. The number of nitro groups is 1. The maximum Gasteiger partial charge on any atom is 0.390 e. The summed E-state index contributed by atoms with van der Waals surface area (Å²) in [6, 6.07) is 4.87. The molecule has 0 bridgehead atoms. The van der Waals surface area contributed by atoms with E-state index in [1.165, 1.54) is 18.2 Å². The molecule has 0 aliphatic rings.